The molecule has 3 nitrogen and oxygen atoms in total. The fourth-order valence-corrected chi connectivity index (χ4v) is 4.81. The summed E-state index contributed by atoms with van der Waals surface area (Å²) in [5.41, 5.74) is -26.3. The molecule has 0 unspecified atom stereocenters. The third kappa shape index (κ3) is 5.60. The van der Waals surface area contributed by atoms with E-state index in [4.69, 9.17) is 0 Å². The van der Waals surface area contributed by atoms with E-state index >= 15 is 17.6 Å². The Morgan fingerprint density at radius 1 is 0.373 bits per heavy atom. The molecule has 1 aliphatic carbocycles. The molecule has 0 aromatic heterocycles. The summed E-state index contributed by atoms with van der Waals surface area (Å²) in [5, 5.41) is 29.2. The predicted molar refractivity (Wildman–Crippen MR) is 131 cm³/mol. The lowest BCUT2D eigenvalue weighted by Gasteiger charge is -2.14. The summed E-state index contributed by atoms with van der Waals surface area (Å²) in [6, 6.07) is 2.26. The van der Waals surface area contributed by atoms with E-state index in [1.807, 2.05) is 0 Å². The maximum Gasteiger partial charge on any atom is 0.422 e. The number of allylic oxidation sites excluding steroid dienone is 6. The van der Waals surface area contributed by atoms with Crippen LogP contribution in [0.3, 0.4) is 0 Å². The maximum atomic E-state index is 15.0. The van der Waals surface area contributed by atoms with Gasteiger partial charge in [-0.1, -0.05) is 0 Å². The molecule has 1 fully saturated rings. The second-order valence-electron chi connectivity index (χ2n) is 9.85. The van der Waals surface area contributed by atoms with Gasteiger partial charge in [-0.2, -0.15) is 42.1 Å². The van der Waals surface area contributed by atoms with E-state index in [-0.39, 0.29) is 0 Å². The van der Waals surface area contributed by atoms with Gasteiger partial charge in [0.15, 0.2) is 69.8 Å². The number of rotatable bonds is 3. The molecular formula is C30H3F18N3. The lowest BCUT2D eigenvalue weighted by atomic mass is 9.98. The molecule has 0 saturated heterocycles. The Bertz CT molecular complexity index is 2130. The average Bonchev–Trinajstić information content (AvgIpc) is 3.75. The summed E-state index contributed by atoms with van der Waals surface area (Å²) in [4.78, 5) is 0. The van der Waals surface area contributed by atoms with E-state index in [2.05, 4.69) is 0 Å². The molecule has 4 rings (SSSR count). The van der Waals surface area contributed by atoms with Gasteiger partial charge in [0.05, 0.1) is 33.4 Å². The van der Waals surface area contributed by atoms with Gasteiger partial charge in [-0.15, -0.1) is 0 Å². The van der Waals surface area contributed by atoms with Crippen LogP contribution in [-0.4, -0.2) is 0 Å². The summed E-state index contributed by atoms with van der Waals surface area (Å²) in [7, 11) is 0. The van der Waals surface area contributed by atoms with Crippen LogP contribution in [0.1, 0.15) is 33.4 Å². The van der Waals surface area contributed by atoms with E-state index in [1.165, 1.54) is 0 Å². The highest BCUT2D eigenvalue weighted by Gasteiger charge is 2.49. The number of alkyl halides is 6. The van der Waals surface area contributed by atoms with Crippen molar-refractivity contribution < 1.29 is 79.0 Å². The normalized spacial score (nSPS) is 16.0. The minimum atomic E-state index is -6.19. The molecule has 0 heterocycles. The zero-order valence-electron chi connectivity index (χ0n) is 23.6. The Hall–Kier alpha value is -5.91. The van der Waals surface area contributed by atoms with Gasteiger partial charge in [-0.25, -0.2) is 52.7 Å². The largest absolute Gasteiger partial charge is 0.422 e. The Labute approximate surface area is 269 Å². The predicted octanol–water partition coefficient (Wildman–Crippen LogP) is 9.95. The molecule has 3 aromatic carbocycles. The van der Waals surface area contributed by atoms with Crippen LogP contribution in [-0.2, 0) is 12.4 Å². The van der Waals surface area contributed by atoms with Crippen molar-refractivity contribution in [2.24, 2.45) is 0 Å². The first kappa shape index (κ1) is 37.9. The van der Waals surface area contributed by atoms with Gasteiger partial charge >= 0.3 is 12.4 Å². The van der Waals surface area contributed by atoms with Crippen molar-refractivity contribution in [2.75, 3.05) is 0 Å². The number of nitriles is 3. The Morgan fingerprint density at radius 3 is 0.745 bits per heavy atom. The van der Waals surface area contributed by atoms with Gasteiger partial charge in [-0.3, -0.25) is 0 Å². The smallest absolute Gasteiger partial charge is 0.203 e. The van der Waals surface area contributed by atoms with Crippen LogP contribution in [0.2, 0.25) is 0 Å². The summed E-state index contributed by atoms with van der Waals surface area (Å²) in [6.07, 6.45) is -12.4. The lowest BCUT2D eigenvalue weighted by Crippen LogP contribution is -2.17. The van der Waals surface area contributed by atoms with Crippen molar-refractivity contribution in [1.29, 1.82) is 15.8 Å². The average molecular weight is 747 g/mol. The number of halogens is 18. The SMILES string of the molecule is Cc1c(F)c(F)c(C(C#N)=C2C(=C(/C#N)c3c(F)c(F)c(C(F)(F)F)c(F)c3F)/C2=C(/C#N)c2c(F)c(F)c(C(F)(F)F)c(F)c2F)c(F)c1F. The van der Waals surface area contributed by atoms with Gasteiger partial charge in [0.2, 0.25) is 0 Å². The zero-order chi connectivity index (χ0) is 39.0. The molecule has 21 heteroatoms. The van der Waals surface area contributed by atoms with Crippen LogP contribution in [0.15, 0.2) is 16.7 Å². The monoisotopic (exact) mass is 747 g/mol. The minimum Gasteiger partial charge on any atom is -0.203 e. The fraction of sp³-hybridized carbons (Fsp3) is 0.100. The molecule has 3 aromatic rings. The summed E-state index contributed by atoms with van der Waals surface area (Å²) < 4.78 is 256. The highest BCUT2D eigenvalue weighted by atomic mass is 19.4. The molecule has 0 N–H and O–H groups in total. The van der Waals surface area contributed by atoms with Crippen LogP contribution in [0.5, 0.6) is 0 Å². The van der Waals surface area contributed by atoms with Gasteiger partial charge in [0.25, 0.3) is 0 Å². The molecule has 51 heavy (non-hydrogen) atoms. The van der Waals surface area contributed by atoms with Gasteiger partial charge in [-0.05, 0) is 6.92 Å². The maximum absolute atomic E-state index is 15.0. The van der Waals surface area contributed by atoms with E-state index < -0.39 is 149 Å². The number of hydrogen-bond acceptors (Lipinski definition) is 3. The van der Waals surface area contributed by atoms with Crippen LogP contribution in [0.4, 0.5) is 79.0 Å². The van der Waals surface area contributed by atoms with Crippen LogP contribution in [0, 0.1) is 111 Å². The van der Waals surface area contributed by atoms with E-state index in [0.717, 1.165) is 6.07 Å². The second-order valence-corrected chi connectivity index (χ2v) is 9.85. The third-order valence-electron chi connectivity index (χ3n) is 7.10. The van der Waals surface area contributed by atoms with Crippen LogP contribution >= 0.6 is 0 Å². The Morgan fingerprint density at radius 2 is 0.569 bits per heavy atom. The van der Waals surface area contributed by atoms with Crippen molar-refractivity contribution in [2.45, 2.75) is 19.3 Å². The van der Waals surface area contributed by atoms with Gasteiger partial charge in [0.1, 0.15) is 29.3 Å². The van der Waals surface area contributed by atoms with Crippen molar-refractivity contribution >= 4 is 16.7 Å². The molecule has 0 amide bonds. The standard InChI is InChI=1S/C30H3F18N3/c1-5-17(31)19(33)12(20(34)18(5)32)6(2-49)9-10(7(3-50)13-21(35)25(39)15(29(43,44)45)26(40)22(13)36)11(9)8(4-51)14-23(37)27(41)16(30(46,47)48)28(42)24(14)38/h1H3/b9-6?,10-7-,11-8+. The molecule has 0 spiro atoms. The summed E-state index contributed by atoms with van der Waals surface area (Å²) in [6.45, 7) is 0.438. The van der Waals surface area contributed by atoms with Crippen molar-refractivity contribution in [1.82, 2.24) is 0 Å². The number of hydrogen-bond donors (Lipinski definition) is 0. The highest BCUT2D eigenvalue weighted by molar-refractivity contribution is 6.12. The van der Waals surface area contributed by atoms with E-state index in [1.54, 1.807) is 0 Å². The first-order valence-electron chi connectivity index (χ1n) is 12.6. The molecule has 0 aliphatic heterocycles. The van der Waals surface area contributed by atoms with Crippen molar-refractivity contribution in [3.05, 3.63) is 120 Å². The highest BCUT2D eigenvalue weighted by Crippen LogP contribution is 2.58. The van der Waals surface area contributed by atoms with E-state index in [0.29, 0.717) is 19.1 Å². The Balaban J connectivity index is 2.37. The molecule has 0 atom stereocenters. The summed E-state index contributed by atoms with van der Waals surface area (Å²) >= 11 is 0. The molecule has 1 aliphatic rings. The fourth-order valence-electron chi connectivity index (χ4n) is 4.81. The van der Waals surface area contributed by atoms with Gasteiger partial charge < -0.3 is 0 Å². The number of benzene rings is 3. The van der Waals surface area contributed by atoms with Crippen molar-refractivity contribution in [3.8, 4) is 18.2 Å². The van der Waals surface area contributed by atoms with Crippen LogP contribution < -0.4 is 0 Å². The summed E-state index contributed by atoms with van der Waals surface area (Å²) in [5.74, 6) is -35.0. The molecular weight excluding hydrogens is 744 g/mol. The minimum absolute atomic E-state index is 0.438. The van der Waals surface area contributed by atoms with Gasteiger partial charge in [0, 0.05) is 22.3 Å². The van der Waals surface area contributed by atoms with Crippen molar-refractivity contribution in [3.63, 3.8) is 0 Å². The molecule has 264 valence electrons. The quantitative estimate of drug-likeness (QED) is 0.152. The lowest BCUT2D eigenvalue weighted by molar-refractivity contribution is -0.144. The number of nitrogens with zero attached hydrogens (tertiary/aromatic N) is 3. The molecule has 0 bridgehead atoms. The third-order valence-corrected chi connectivity index (χ3v) is 7.10. The Kier molecular flexibility index (Phi) is 9.25. The topological polar surface area (TPSA) is 71.4 Å². The second kappa shape index (κ2) is 12.4. The molecule has 0 radical (unpaired) electrons. The zero-order valence-corrected chi connectivity index (χ0v) is 23.6. The molecule has 1 saturated carbocycles. The van der Waals surface area contributed by atoms with Crippen LogP contribution in [0.25, 0.3) is 16.7 Å². The first-order chi connectivity index (χ1) is 23.4. The first-order valence-corrected chi connectivity index (χ1v) is 12.6. The van der Waals surface area contributed by atoms with E-state index in [9.17, 15) is 77.3 Å².